The van der Waals surface area contributed by atoms with Crippen molar-refractivity contribution in [2.45, 2.75) is 32.2 Å². The van der Waals surface area contributed by atoms with E-state index in [9.17, 15) is 18.5 Å². The minimum Gasteiger partial charge on any atom is -0.308 e. The SMILES string of the molecule is CC1(C)CC(=O)N(Cc2cc(F)cc(F)c2)c2cc(N=O)ccc21. The van der Waals surface area contributed by atoms with Gasteiger partial charge in [0.05, 0.1) is 12.2 Å². The van der Waals surface area contributed by atoms with Gasteiger partial charge in [-0.2, -0.15) is 0 Å². The fourth-order valence-corrected chi connectivity index (χ4v) is 3.13. The van der Waals surface area contributed by atoms with Gasteiger partial charge in [-0.1, -0.05) is 19.9 Å². The number of carbonyl (C=O) groups excluding carboxylic acids is 1. The number of halogens is 2. The Balaban J connectivity index is 2.07. The Morgan fingerprint density at radius 2 is 1.79 bits per heavy atom. The molecule has 24 heavy (non-hydrogen) atoms. The first-order valence-electron chi connectivity index (χ1n) is 7.53. The Hall–Kier alpha value is -2.63. The summed E-state index contributed by atoms with van der Waals surface area (Å²) in [5, 5.41) is 2.91. The Morgan fingerprint density at radius 1 is 1.12 bits per heavy atom. The van der Waals surface area contributed by atoms with Crippen molar-refractivity contribution in [3.8, 4) is 0 Å². The number of anilines is 1. The molecule has 0 fully saturated rings. The normalized spacial score (nSPS) is 16.0. The van der Waals surface area contributed by atoms with Crippen LogP contribution in [0.3, 0.4) is 0 Å². The standard InChI is InChI=1S/C18H16F2N2O2/c1-18(2)9-17(23)22(10-11-5-12(19)7-13(20)6-11)16-8-14(21-24)3-4-15(16)18/h3-8H,9-10H2,1-2H3. The molecule has 0 bridgehead atoms. The van der Waals surface area contributed by atoms with E-state index in [-0.39, 0.29) is 24.6 Å². The minimum atomic E-state index is -0.696. The number of hydrogen-bond donors (Lipinski definition) is 0. The molecular formula is C18H16F2N2O2. The molecule has 0 aliphatic carbocycles. The van der Waals surface area contributed by atoms with E-state index in [1.54, 1.807) is 12.1 Å². The highest BCUT2D eigenvalue weighted by atomic mass is 19.1. The maximum atomic E-state index is 13.4. The summed E-state index contributed by atoms with van der Waals surface area (Å²) in [7, 11) is 0. The van der Waals surface area contributed by atoms with Crippen LogP contribution in [0.1, 0.15) is 31.4 Å². The van der Waals surface area contributed by atoms with Gasteiger partial charge in [0.1, 0.15) is 17.3 Å². The predicted octanol–water partition coefficient (Wildman–Crippen LogP) is 4.58. The Morgan fingerprint density at radius 3 is 2.42 bits per heavy atom. The van der Waals surface area contributed by atoms with Crippen molar-refractivity contribution >= 4 is 17.3 Å². The van der Waals surface area contributed by atoms with Crippen molar-refractivity contribution in [3.63, 3.8) is 0 Å². The lowest BCUT2D eigenvalue weighted by Gasteiger charge is -2.38. The predicted molar refractivity (Wildman–Crippen MR) is 87.1 cm³/mol. The van der Waals surface area contributed by atoms with Crippen LogP contribution in [0.4, 0.5) is 20.2 Å². The maximum absolute atomic E-state index is 13.4. The summed E-state index contributed by atoms with van der Waals surface area (Å²) in [6, 6.07) is 8.08. The minimum absolute atomic E-state index is 0.0267. The van der Waals surface area contributed by atoms with Crippen LogP contribution in [0.25, 0.3) is 0 Å². The third kappa shape index (κ3) is 2.91. The molecule has 1 aliphatic rings. The van der Waals surface area contributed by atoms with E-state index in [0.717, 1.165) is 11.6 Å². The zero-order chi connectivity index (χ0) is 17.5. The molecule has 3 rings (SSSR count). The monoisotopic (exact) mass is 330 g/mol. The van der Waals surface area contributed by atoms with E-state index in [0.29, 0.717) is 11.3 Å². The van der Waals surface area contributed by atoms with Gasteiger partial charge in [-0.25, -0.2) is 8.78 Å². The number of hydrogen-bond acceptors (Lipinski definition) is 3. The molecule has 1 aliphatic heterocycles. The van der Waals surface area contributed by atoms with E-state index in [2.05, 4.69) is 5.18 Å². The molecule has 2 aromatic carbocycles. The maximum Gasteiger partial charge on any atom is 0.228 e. The zero-order valence-corrected chi connectivity index (χ0v) is 13.3. The van der Waals surface area contributed by atoms with Crippen LogP contribution in [0.2, 0.25) is 0 Å². The summed E-state index contributed by atoms with van der Waals surface area (Å²) in [6.07, 6.45) is 0.270. The highest BCUT2D eigenvalue weighted by Crippen LogP contribution is 2.42. The van der Waals surface area contributed by atoms with Crippen LogP contribution in [-0.2, 0) is 16.8 Å². The lowest BCUT2D eigenvalue weighted by Crippen LogP contribution is -2.41. The highest BCUT2D eigenvalue weighted by Gasteiger charge is 2.36. The van der Waals surface area contributed by atoms with Crippen molar-refractivity contribution in [2.75, 3.05) is 4.90 Å². The fraction of sp³-hybridized carbons (Fsp3) is 0.278. The summed E-state index contributed by atoms with van der Waals surface area (Å²) in [6.45, 7) is 3.91. The first kappa shape index (κ1) is 16.2. The first-order valence-corrected chi connectivity index (χ1v) is 7.53. The number of benzene rings is 2. The Bertz CT molecular complexity index is 814. The largest absolute Gasteiger partial charge is 0.308 e. The van der Waals surface area contributed by atoms with Gasteiger partial charge < -0.3 is 4.90 Å². The molecule has 1 amide bonds. The highest BCUT2D eigenvalue weighted by molar-refractivity contribution is 5.98. The molecule has 0 spiro atoms. The molecule has 6 heteroatoms. The number of nitroso groups, excluding NO2 is 1. The van der Waals surface area contributed by atoms with Gasteiger partial charge in [0.25, 0.3) is 0 Å². The van der Waals surface area contributed by atoms with Gasteiger partial charge in [-0.05, 0) is 40.6 Å². The average Bonchev–Trinajstić information content (AvgIpc) is 2.49. The summed E-state index contributed by atoms with van der Waals surface area (Å²) in [4.78, 5) is 24.9. The van der Waals surface area contributed by atoms with Crippen LogP contribution in [0, 0.1) is 16.5 Å². The second-order valence-electron chi connectivity index (χ2n) is 6.61. The van der Waals surface area contributed by atoms with Gasteiger partial charge in [0, 0.05) is 17.9 Å². The lowest BCUT2D eigenvalue weighted by molar-refractivity contribution is -0.120. The molecule has 0 atom stereocenters. The molecule has 1 heterocycles. The third-order valence-corrected chi connectivity index (χ3v) is 4.26. The van der Waals surface area contributed by atoms with Crippen molar-refractivity contribution in [1.29, 1.82) is 0 Å². The Kier molecular flexibility index (Phi) is 3.91. The summed E-state index contributed by atoms with van der Waals surface area (Å²) >= 11 is 0. The summed E-state index contributed by atoms with van der Waals surface area (Å²) in [5.74, 6) is -1.56. The van der Waals surface area contributed by atoms with Crippen LogP contribution in [-0.4, -0.2) is 5.91 Å². The molecule has 0 N–H and O–H groups in total. The number of fused-ring (bicyclic) bond motifs is 1. The Labute approximate surface area is 138 Å². The van der Waals surface area contributed by atoms with E-state index < -0.39 is 17.0 Å². The smallest absolute Gasteiger partial charge is 0.228 e. The molecular weight excluding hydrogens is 314 g/mol. The third-order valence-electron chi connectivity index (χ3n) is 4.26. The molecule has 2 aromatic rings. The van der Waals surface area contributed by atoms with E-state index in [1.807, 2.05) is 13.8 Å². The summed E-state index contributed by atoms with van der Waals surface area (Å²) < 4.78 is 26.8. The molecule has 0 radical (unpaired) electrons. The molecule has 0 saturated heterocycles. The van der Waals surface area contributed by atoms with Crippen molar-refractivity contribution in [1.82, 2.24) is 0 Å². The molecule has 4 nitrogen and oxygen atoms in total. The molecule has 0 unspecified atom stereocenters. The molecule has 0 saturated carbocycles. The van der Waals surface area contributed by atoms with Gasteiger partial charge in [-0.15, -0.1) is 4.91 Å². The van der Waals surface area contributed by atoms with Gasteiger partial charge >= 0.3 is 0 Å². The number of rotatable bonds is 3. The van der Waals surface area contributed by atoms with Crippen molar-refractivity contribution in [3.05, 3.63) is 64.1 Å². The van der Waals surface area contributed by atoms with Gasteiger partial charge in [-0.3, -0.25) is 4.79 Å². The number of carbonyl (C=O) groups is 1. The van der Waals surface area contributed by atoms with Crippen LogP contribution in [0.15, 0.2) is 41.6 Å². The van der Waals surface area contributed by atoms with Crippen molar-refractivity contribution in [2.24, 2.45) is 5.18 Å². The number of amides is 1. The van der Waals surface area contributed by atoms with E-state index in [4.69, 9.17) is 0 Å². The van der Waals surface area contributed by atoms with Crippen molar-refractivity contribution < 1.29 is 13.6 Å². The quantitative estimate of drug-likeness (QED) is 0.774. The zero-order valence-electron chi connectivity index (χ0n) is 13.3. The molecule has 0 aromatic heterocycles. The topological polar surface area (TPSA) is 49.7 Å². The first-order chi connectivity index (χ1) is 11.3. The van der Waals surface area contributed by atoms with Crippen LogP contribution >= 0.6 is 0 Å². The lowest BCUT2D eigenvalue weighted by atomic mass is 9.77. The molecule has 124 valence electrons. The average molecular weight is 330 g/mol. The van der Waals surface area contributed by atoms with Gasteiger partial charge in [0.15, 0.2) is 0 Å². The number of nitrogens with zero attached hydrogens (tertiary/aromatic N) is 2. The second-order valence-corrected chi connectivity index (χ2v) is 6.61. The van der Waals surface area contributed by atoms with E-state index in [1.165, 1.54) is 23.1 Å². The van der Waals surface area contributed by atoms with Crippen LogP contribution in [0.5, 0.6) is 0 Å². The second kappa shape index (κ2) is 5.78. The fourth-order valence-electron chi connectivity index (χ4n) is 3.13. The van der Waals surface area contributed by atoms with Gasteiger partial charge in [0.2, 0.25) is 5.91 Å². The summed E-state index contributed by atoms with van der Waals surface area (Å²) in [5.41, 5.74) is 1.60. The van der Waals surface area contributed by atoms with Crippen LogP contribution < -0.4 is 4.90 Å². The van der Waals surface area contributed by atoms with E-state index >= 15 is 0 Å².